The number of benzene rings is 2. The van der Waals surface area contributed by atoms with Crippen molar-refractivity contribution in [3.63, 3.8) is 0 Å². The van der Waals surface area contributed by atoms with Gasteiger partial charge in [-0.05, 0) is 18.2 Å². The molecule has 14 heteroatoms. The molecule has 2 aromatic carbocycles. The van der Waals surface area contributed by atoms with Gasteiger partial charge in [0, 0.05) is 35.3 Å². The van der Waals surface area contributed by atoms with Gasteiger partial charge in [0.15, 0.2) is 0 Å². The summed E-state index contributed by atoms with van der Waals surface area (Å²) in [5.74, 6) is 0.381. The number of pyridine rings is 1. The summed E-state index contributed by atoms with van der Waals surface area (Å²) in [5.41, 5.74) is -2.94. The quantitative estimate of drug-likeness (QED) is 0.203. The Balaban J connectivity index is 1.78. The van der Waals surface area contributed by atoms with E-state index in [0.717, 1.165) is 6.07 Å². The number of fused-ring (bicyclic) bond motifs is 1. The number of rotatable bonds is 6. The highest BCUT2D eigenvalue weighted by molar-refractivity contribution is 6.41. The lowest BCUT2D eigenvalue weighted by Crippen LogP contribution is -2.07. The number of halogens is 5. The molecule has 0 aliphatic carbocycles. The van der Waals surface area contributed by atoms with Gasteiger partial charge in [-0.2, -0.15) is 13.2 Å². The third-order valence-corrected chi connectivity index (χ3v) is 6.00. The first kappa shape index (κ1) is 26.0. The molecule has 0 spiro atoms. The van der Waals surface area contributed by atoms with Crippen LogP contribution in [0.25, 0.3) is 22.1 Å². The molecule has 0 unspecified atom stereocenters. The molecule has 0 amide bonds. The molecule has 0 atom stereocenters. The number of aromatic nitrogens is 1. The van der Waals surface area contributed by atoms with Crippen LogP contribution >= 0.6 is 23.2 Å². The molecular formula is C23H14Cl2F3N3O6. The minimum Gasteiger partial charge on any atom is -0.495 e. The van der Waals surface area contributed by atoms with Crippen molar-refractivity contribution in [3.05, 3.63) is 78.7 Å². The van der Waals surface area contributed by atoms with E-state index in [1.54, 1.807) is 0 Å². The summed E-state index contributed by atoms with van der Waals surface area (Å²) in [6.45, 7) is 0. The maximum atomic E-state index is 13.0. The Morgan fingerprint density at radius 2 is 1.70 bits per heavy atom. The molecule has 1 N–H and O–H groups in total. The average Bonchev–Trinajstić information content (AvgIpc) is 2.84. The Labute approximate surface area is 215 Å². The molecule has 0 radical (unpaired) electrons. The van der Waals surface area contributed by atoms with E-state index in [0.29, 0.717) is 17.5 Å². The first-order valence-electron chi connectivity index (χ1n) is 10.1. The molecule has 0 saturated carbocycles. The van der Waals surface area contributed by atoms with Crippen LogP contribution in [-0.2, 0) is 6.18 Å². The zero-order valence-electron chi connectivity index (χ0n) is 18.8. The summed E-state index contributed by atoms with van der Waals surface area (Å²) in [4.78, 5) is 27.4. The van der Waals surface area contributed by atoms with Gasteiger partial charge in [-0.3, -0.25) is 10.1 Å². The minimum atomic E-state index is -4.76. The van der Waals surface area contributed by atoms with E-state index in [1.165, 1.54) is 38.6 Å². The standard InChI is InChI=1S/C23H14Cl2F3N3O6/c1-35-16-7-17(36-2)21(25)19(20(16)24)12-5-10-9-29-18(8-15(10)37-22(12)32)30-13-4-3-11(23(26,27)28)6-14(13)31(33)34/h3-9H,1-2H3,(H,29,30). The lowest BCUT2D eigenvalue weighted by molar-refractivity contribution is -0.384. The summed E-state index contributed by atoms with van der Waals surface area (Å²) >= 11 is 12.8. The van der Waals surface area contributed by atoms with Crippen molar-refractivity contribution in [3.8, 4) is 22.6 Å². The maximum Gasteiger partial charge on any atom is 0.416 e. The Kier molecular flexibility index (Phi) is 6.89. The van der Waals surface area contributed by atoms with Crippen LogP contribution in [0.4, 0.5) is 30.4 Å². The van der Waals surface area contributed by atoms with Gasteiger partial charge in [-0.1, -0.05) is 23.2 Å². The van der Waals surface area contributed by atoms with Gasteiger partial charge in [0.1, 0.15) is 28.6 Å². The van der Waals surface area contributed by atoms with Crippen molar-refractivity contribution >= 4 is 51.4 Å². The van der Waals surface area contributed by atoms with E-state index in [-0.39, 0.29) is 49.8 Å². The fourth-order valence-corrected chi connectivity index (χ4v) is 4.19. The van der Waals surface area contributed by atoms with E-state index in [1.807, 2.05) is 0 Å². The van der Waals surface area contributed by atoms with Crippen LogP contribution in [0.15, 0.2) is 51.8 Å². The predicted octanol–water partition coefficient (Wildman–Crippen LogP) is 6.85. The summed E-state index contributed by atoms with van der Waals surface area (Å²) < 4.78 is 54.7. The van der Waals surface area contributed by atoms with Crippen molar-refractivity contribution < 1.29 is 32.0 Å². The molecule has 9 nitrogen and oxygen atoms in total. The zero-order valence-corrected chi connectivity index (χ0v) is 20.3. The van der Waals surface area contributed by atoms with Crippen LogP contribution < -0.4 is 20.4 Å². The summed E-state index contributed by atoms with van der Waals surface area (Å²) in [6, 6.07) is 6.15. The maximum absolute atomic E-state index is 13.0. The number of methoxy groups -OCH3 is 2. The van der Waals surface area contributed by atoms with Crippen molar-refractivity contribution in [2.75, 3.05) is 19.5 Å². The van der Waals surface area contributed by atoms with Crippen molar-refractivity contribution in [2.45, 2.75) is 6.18 Å². The average molecular weight is 556 g/mol. The molecule has 0 fully saturated rings. The van der Waals surface area contributed by atoms with E-state index in [2.05, 4.69) is 10.3 Å². The lowest BCUT2D eigenvalue weighted by Gasteiger charge is -2.14. The summed E-state index contributed by atoms with van der Waals surface area (Å²) in [5, 5.41) is 14.3. The number of nitrogens with zero attached hydrogens (tertiary/aromatic N) is 2. The van der Waals surface area contributed by atoms with Gasteiger partial charge in [0.25, 0.3) is 5.69 Å². The van der Waals surface area contributed by atoms with E-state index in [4.69, 9.17) is 37.1 Å². The molecule has 0 bridgehead atoms. The number of hydrogen-bond donors (Lipinski definition) is 1. The fourth-order valence-electron chi connectivity index (χ4n) is 3.48. The minimum absolute atomic E-state index is 0.0133. The second-order valence-electron chi connectivity index (χ2n) is 7.45. The van der Waals surface area contributed by atoms with Gasteiger partial charge in [-0.15, -0.1) is 0 Å². The molecule has 0 aliphatic rings. The highest BCUT2D eigenvalue weighted by atomic mass is 35.5. The second-order valence-corrected chi connectivity index (χ2v) is 8.21. The number of nitro benzene ring substituents is 1. The molecular weight excluding hydrogens is 542 g/mol. The van der Waals surface area contributed by atoms with Crippen LogP contribution in [0.1, 0.15) is 5.56 Å². The first-order valence-corrected chi connectivity index (χ1v) is 10.9. The molecule has 2 aromatic heterocycles. The first-order chi connectivity index (χ1) is 17.4. The smallest absolute Gasteiger partial charge is 0.416 e. The normalized spacial score (nSPS) is 11.4. The van der Waals surface area contributed by atoms with Crippen LogP contribution in [0.5, 0.6) is 11.5 Å². The van der Waals surface area contributed by atoms with Gasteiger partial charge in [0.05, 0.1) is 40.3 Å². The second kappa shape index (κ2) is 9.79. The van der Waals surface area contributed by atoms with E-state index >= 15 is 0 Å². The molecule has 2 heterocycles. The number of ether oxygens (including phenoxy) is 2. The Hall–Kier alpha value is -4.03. The number of alkyl halides is 3. The number of hydrogen-bond acceptors (Lipinski definition) is 8. The summed E-state index contributed by atoms with van der Waals surface area (Å²) in [6.07, 6.45) is -3.47. The van der Waals surface area contributed by atoms with Crippen molar-refractivity contribution in [1.82, 2.24) is 4.98 Å². The molecule has 4 rings (SSSR count). The monoisotopic (exact) mass is 555 g/mol. The number of nitro groups is 1. The number of nitrogens with one attached hydrogen (secondary N) is 1. The van der Waals surface area contributed by atoms with Gasteiger partial charge >= 0.3 is 11.8 Å². The Morgan fingerprint density at radius 1 is 1.05 bits per heavy atom. The molecule has 0 saturated heterocycles. The largest absolute Gasteiger partial charge is 0.495 e. The Bertz CT molecular complexity index is 1580. The van der Waals surface area contributed by atoms with Crippen molar-refractivity contribution in [1.29, 1.82) is 0 Å². The van der Waals surface area contributed by atoms with Crippen LogP contribution in [-0.4, -0.2) is 24.1 Å². The van der Waals surface area contributed by atoms with Crippen LogP contribution in [0.3, 0.4) is 0 Å². The molecule has 0 aliphatic heterocycles. The highest BCUT2D eigenvalue weighted by Crippen LogP contribution is 2.45. The fraction of sp³-hybridized carbons (Fsp3) is 0.130. The highest BCUT2D eigenvalue weighted by Gasteiger charge is 2.33. The lowest BCUT2D eigenvalue weighted by atomic mass is 10.1. The SMILES string of the molecule is COc1cc(OC)c(Cl)c(-c2cc3cnc(Nc4ccc(C(F)(F)F)cc4[N+](=O)[O-])cc3oc2=O)c1Cl. The number of anilines is 2. The third-order valence-electron chi connectivity index (χ3n) is 5.24. The van der Waals surface area contributed by atoms with Gasteiger partial charge in [-0.25, -0.2) is 9.78 Å². The van der Waals surface area contributed by atoms with Gasteiger partial charge in [0.2, 0.25) is 0 Å². The van der Waals surface area contributed by atoms with Crippen molar-refractivity contribution in [2.24, 2.45) is 0 Å². The zero-order chi connectivity index (χ0) is 27.1. The van der Waals surface area contributed by atoms with E-state index < -0.39 is 28.0 Å². The van der Waals surface area contributed by atoms with E-state index in [9.17, 15) is 28.1 Å². The Morgan fingerprint density at radius 3 is 2.27 bits per heavy atom. The summed E-state index contributed by atoms with van der Waals surface area (Å²) in [7, 11) is 2.75. The molecule has 4 aromatic rings. The predicted molar refractivity (Wildman–Crippen MR) is 130 cm³/mol. The third kappa shape index (κ3) is 4.98. The molecule has 192 valence electrons. The van der Waals surface area contributed by atoms with Crippen LogP contribution in [0, 0.1) is 10.1 Å². The molecule has 37 heavy (non-hydrogen) atoms. The van der Waals surface area contributed by atoms with Gasteiger partial charge < -0.3 is 19.2 Å². The topological polar surface area (TPSA) is 117 Å². The van der Waals surface area contributed by atoms with Crippen LogP contribution in [0.2, 0.25) is 10.0 Å².